The van der Waals surface area contributed by atoms with Gasteiger partial charge in [-0.25, -0.2) is 0 Å². The number of hydrogen-bond acceptors (Lipinski definition) is 3. The summed E-state index contributed by atoms with van der Waals surface area (Å²) in [5.41, 5.74) is 1.02. The zero-order chi connectivity index (χ0) is 11.8. The number of carbonyl (C=O) groups is 1. The minimum absolute atomic E-state index is 0.147. The van der Waals surface area contributed by atoms with Gasteiger partial charge in [-0.3, -0.25) is 14.9 Å². The molecule has 0 bridgehead atoms. The van der Waals surface area contributed by atoms with E-state index in [4.69, 9.17) is 0 Å². The van der Waals surface area contributed by atoms with E-state index < -0.39 is 4.92 Å². The van der Waals surface area contributed by atoms with E-state index in [0.717, 1.165) is 5.56 Å². The molecule has 5 heteroatoms. The molecule has 86 valence electrons. The third-order valence-corrected chi connectivity index (χ3v) is 2.08. The zero-order valence-corrected chi connectivity index (χ0v) is 8.89. The van der Waals surface area contributed by atoms with Crippen molar-refractivity contribution in [2.45, 2.75) is 19.4 Å². The molecule has 1 aromatic rings. The second-order valence-electron chi connectivity index (χ2n) is 3.42. The highest BCUT2D eigenvalue weighted by Crippen LogP contribution is 1.98. The van der Waals surface area contributed by atoms with E-state index in [1.54, 1.807) is 0 Å². The van der Waals surface area contributed by atoms with Crippen LogP contribution < -0.4 is 5.32 Å². The second-order valence-corrected chi connectivity index (χ2v) is 3.42. The van der Waals surface area contributed by atoms with Crippen LogP contribution in [0.5, 0.6) is 0 Å². The number of nitrogens with zero attached hydrogens (tertiary/aromatic N) is 1. The summed E-state index contributed by atoms with van der Waals surface area (Å²) < 4.78 is 0. The van der Waals surface area contributed by atoms with Gasteiger partial charge in [-0.05, 0) is 5.56 Å². The molecular weight excluding hydrogens is 208 g/mol. The lowest BCUT2D eigenvalue weighted by Crippen LogP contribution is -2.23. The second kappa shape index (κ2) is 6.55. The monoisotopic (exact) mass is 222 g/mol. The predicted molar refractivity (Wildman–Crippen MR) is 59.4 cm³/mol. The number of carbonyl (C=O) groups excluding carboxylic acids is 1. The number of amides is 1. The Morgan fingerprint density at radius 3 is 2.62 bits per heavy atom. The Kier molecular flexibility index (Phi) is 4.98. The van der Waals surface area contributed by atoms with Crippen molar-refractivity contribution < 1.29 is 9.72 Å². The van der Waals surface area contributed by atoms with Gasteiger partial charge in [-0.1, -0.05) is 30.3 Å². The summed E-state index contributed by atoms with van der Waals surface area (Å²) in [5, 5.41) is 12.7. The van der Waals surface area contributed by atoms with Crippen LogP contribution in [-0.2, 0) is 11.3 Å². The van der Waals surface area contributed by atoms with Crippen molar-refractivity contribution in [2.24, 2.45) is 0 Å². The fourth-order valence-corrected chi connectivity index (χ4v) is 1.25. The van der Waals surface area contributed by atoms with Crippen LogP contribution in [0.2, 0.25) is 0 Å². The van der Waals surface area contributed by atoms with Crippen LogP contribution in [0.25, 0.3) is 0 Å². The molecule has 1 rings (SSSR count). The van der Waals surface area contributed by atoms with E-state index >= 15 is 0 Å². The van der Waals surface area contributed by atoms with Crippen molar-refractivity contribution in [1.29, 1.82) is 0 Å². The van der Waals surface area contributed by atoms with Gasteiger partial charge in [0.15, 0.2) is 0 Å². The Bertz CT molecular complexity index is 352. The lowest BCUT2D eigenvalue weighted by molar-refractivity contribution is -0.480. The summed E-state index contributed by atoms with van der Waals surface area (Å²) in [7, 11) is 0. The van der Waals surface area contributed by atoms with Gasteiger partial charge in [0.1, 0.15) is 0 Å². The fourth-order valence-electron chi connectivity index (χ4n) is 1.25. The molecule has 0 aromatic heterocycles. The van der Waals surface area contributed by atoms with Gasteiger partial charge < -0.3 is 5.32 Å². The van der Waals surface area contributed by atoms with Crippen molar-refractivity contribution in [3.63, 3.8) is 0 Å². The van der Waals surface area contributed by atoms with Crippen LogP contribution in [0.4, 0.5) is 0 Å². The molecule has 0 unspecified atom stereocenters. The Labute approximate surface area is 93.6 Å². The molecule has 0 aliphatic heterocycles. The molecule has 0 atom stereocenters. The summed E-state index contributed by atoms with van der Waals surface area (Å²) in [5.74, 6) is -0.147. The fraction of sp³-hybridized carbons (Fsp3) is 0.364. The molecule has 1 aromatic carbocycles. The van der Waals surface area contributed by atoms with Crippen LogP contribution in [0, 0.1) is 10.1 Å². The highest BCUT2D eigenvalue weighted by molar-refractivity contribution is 5.75. The van der Waals surface area contributed by atoms with Crippen molar-refractivity contribution in [2.75, 3.05) is 6.54 Å². The Morgan fingerprint density at radius 1 is 1.31 bits per heavy atom. The van der Waals surface area contributed by atoms with Crippen molar-refractivity contribution in [1.82, 2.24) is 5.32 Å². The molecule has 0 spiro atoms. The van der Waals surface area contributed by atoms with Gasteiger partial charge in [0.25, 0.3) is 0 Å². The smallest absolute Gasteiger partial charge is 0.220 e. The van der Waals surface area contributed by atoms with Gasteiger partial charge in [-0.15, -0.1) is 0 Å². The molecule has 0 fully saturated rings. The predicted octanol–water partition coefficient (Wildman–Crippen LogP) is 1.36. The normalized spacial score (nSPS) is 9.75. The molecule has 0 saturated carbocycles. The Balaban J connectivity index is 2.18. The van der Waals surface area contributed by atoms with E-state index in [2.05, 4.69) is 5.32 Å². The molecule has 0 radical (unpaired) electrons. The first kappa shape index (κ1) is 12.2. The van der Waals surface area contributed by atoms with Crippen LogP contribution >= 0.6 is 0 Å². The van der Waals surface area contributed by atoms with Crippen molar-refractivity contribution in [3.8, 4) is 0 Å². The summed E-state index contributed by atoms with van der Waals surface area (Å²) in [6.45, 7) is 0.316. The first-order chi connectivity index (χ1) is 7.68. The van der Waals surface area contributed by atoms with Crippen LogP contribution in [-0.4, -0.2) is 17.4 Å². The van der Waals surface area contributed by atoms with Crippen molar-refractivity contribution in [3.05, 3.63) is 46.0 Å². The standard InChI is InChI=1S/C11H14N2O3/c14-11(7-4-8-13(15)16)12-9-10-5-2-1-3-6-10/h1-3,5-6H,4,7-9H2,(H,12,14). The molecule has 1 N–H and O–H groups in total. The zero-order valence-electron chi connectivity index (χ0n) is 8.89. The molecule has 16 heavy (non-hydrogen) atoms. The van der Waals surface area contributed by atoms with Gasteiger partial charge in [0.2, 0.25) is 12.5 Å². The summed E-state index contributed by atoms with van der Waals surface area (Å²) in [6.07, 6.45) is 0.488. The molecule has 0 aliphatic rings. The molecule has 5 nitrogen and oxygen atoms in total. The largest absolute Gasteiger partial charge is 0.352 e. The minimum atomic E-state index is -0.412. The average molecular weight is 222 g/mol. The lowest BCUT2D eigenvalue weighted by Gasteiger charge is -2.03. The Hall–Kier alpha value is -1.91. The number of nitrogens with one attached hydrogen (secondary N) is 1. The number of nitro groups is 1. The summed E-state index contributed by atoms with van der Waals surface area (Å²) >= 11 is 0. The van der Waals surface area contributed by atoms with E-state index in [1.165, 1.54) is 0 Å². The van der Waals surface area contributed by atoms with E-state index in [1.807, 2.05) is 30.3 Å². The van der Waals surface area contributed by atoms with Gasteiger partial charge >= 0.3 is 0 Å². The molecule has 0 heterocycles. The van der Waals surface area contributed by atoms with Crippen LogP contribution in [0.15, 0.2) is 30.3 Å². The maximum Gasteiger partial charge on any atom is 0.220 e. The first-order valence-corrected chi connectivity index (χ1v) is 5.11. The quantitative estimate of drug-likeness (QED) is 0.583. The van der Waals surface area contributed by atoms with Gasteiger partial charge in [-0.2, -0.15) is 0 Å². The molecule has 0 aliphatic carbocycles. The van der Waals surface area contributed by atoms with E-state index in [9.17, 15) is 14.9 Å². The first-order valence-electron chi connectivity index (χ1n) is 5.11. The van der Waals surface area contributed by atoms with Crippen LogP contribution in [0.3, 0.4) is 0 Å². The average Bonchev–Trinajstić information content (AvgIpc) is 2.27. The third-order valence-electron chi connectivity index (χ3n) is 2.08. The van der Waals surface area contributed by atoms with Gasteiger partial charge in [0, 0.05) is 24.3 Å². The minimum Gasteiger partial charge on any atom is -0.352 e. The molecule has 0 saturated heterocycles. The van der Waals surface area contributed by atoms with Crippen LogP contribution in [0.1, 0.15) is 18.4 Å². The highest BCUT2D eigenvalue weighted by atomic mass is 16.6. The Morgan fingerprint density at radius 2 is 2.00 bits per heavy atom. The summed E-state index contributed by atoms with van der Waals surface area (Å²) in [4.78, 5) is 20.9. The van der Waals surface area contributed by atoms with Gasteiger partial charge in [0.05, 0.1) is 0 Å². The van der Waals surface area contributed by atoms with E-state index in [-0.39, 0.29) is 25.3 Å². The summed E-state index contributed by atoms with van der Waals surface area (Å²) in [6, 6.07) is 9.53. The van der Waals surface area contributed by atoms with E-state index in [0.29, 0.717) is 6.54 Å². The highest BCUT2D eigenvalue weighted by Gasteiger charge is 2.03. The molecule has 1 amide bonds. The number of rotatable bonds is 6. The van der Waals surface area contributed by atoms with Crippen molar-refractivity contribution >= 4 is 5.91 Å². The molecular formula is C11H14N2O3. The SMILES string of the molecule is O=C(CCC[N+](=O)[O-])NCc1ccccc1. The maximum absolute atomic E-state index is 11.3. The maximum atomic E-state index is 11.3. The number of hydrogen-bond donors (Lipinski definition) is 1. The lowest BCUT2D eigenvalue weighted by atomic mass is 10.2. The number of benzene rings is 1. The third kappa shape index (κ3) is 5.09. The topological polar surface area (TPSA) is 72.2 Å².